The first-order chi connectivity index (χ1) is 10.8. The molecule has 0 saturated carbocycles. The second kappa shape index (κ2) is 11.2. The molecule has 0 aliphatic carbocycles. The van der Waals surface area contributed by atoms with Crippen LogP contribution < -0.4 is 10.6 Å². The molecule has 126 valence electrons. The minimum absolute atomic E-state index is 0. The van der Waals surface area contributed by atoms with Gasteiger partial charge in [0.25, 0.3) is 0 Å². The van der Waals surface area contributed by atoms with Crippen LogP contribution in [-0.4, -0.2) is 32.7 Å². The van der Waals surface area contributed by atoms with Gasteiger partial charge in [0, 0.05) is 18.5 Å². The highest BCUT2D eigenvalue weighted by atomic mass is 35.5. The van der Waals surface area contributed by atoms with Crippen LogP contribution in [0.5, 0.6) is 0 Å². The van der Waals surface area contributed by atoms with E-state index in [0.29, 0.717) is 19.7 Å². The Morgan fingerprint density at radius 2 is 2.00 bits per heavy atom. The summed E-state index contributed by atoms with van der Waals surface area (Å²) in [4.78, 5) is 13.3. The van der Waals surface area contributed by atoms with Crippen LogP contribution in [0.15, 0.2) is 47.8 Å². The molecule has 23 heavy (non-hydrogen) atoms. The molecule has 0 spiro atoms. The fourth-order valence-corrected chi connectivity index (χ4v) is 2.96. The molecule has 0 saturated heterocycles. The Balaban J connectivity index is 0.00000264. The first-order valence-corrected chi connectivity index (χ1v) is 8.24. The molecule has 2 rings (SSSR count). The number of ether oxygens (including phenoxy) is 1. The fraction of sp³-hybridized carbons (Fsp3) is 0.353. The number of carbonyl (C=O) groups is 1. The zero-order valence-electron chi connectivity index (χ0n) is 13.2. The highest BCUT2D eigenvalue weighted by Crippen LogP contribution is 2.22. The highest BCUT2D eigenvalue weighted by molar-refractivity contribution is 7.10. The SMILES string of the molecule is COCCNCC(=O)NC(Cc1ccccc1)c1cccs1.Cl. The van der Waals surface area contributed by atoms with E-state index in [4.69, 9.17) is 4.74 Å². The van der Waals surface area contributed by atoms with Crippen LogP contribution in [0.25, 0.3) is 0 Å². The summed E-state index contributed by atoms with van der Waals surface area (Å²) in [5, 5.41) is 8.22. The van der Waals surface area contributed by atoms with Crippen molar-refractivity contribution in [3.63, 3.8) is 0 Å². The van der Waals surface area contributed by atoms with Crippen LogP contribution in [0.2, 0.25) is 0 Å². The Labute approximate surface area is 147 Å². The lowest BCUT2D eigenvalue weighted by atomic mass is 10.0. The van der Waals surface area contributed by atoms with Gasteiger partial charge in [0.05, 0.1) is 19.2 Å². The van der Waals surface area contributed by atoms with E-state index < -0.39 is 0 Å². The number of benzene rings is 1. The van der Waals surface area contributed by atoms with Crippen LogP contribution in [0.1, 0.15) is 16.5 Å². The Bertz CT molecular complexity index is 549. The zero-order valence-corrected chi connectivity index (χ0v) is 14.8. The number of hydrogen-bond donors (Lipinski definition) is 2. The van der Waals surface area contributed by atoms with Gasteiger partial charge in [0.15, 0.2) is 0 Å². The average Bonchev–Trinajstić information content (AvgIpc) is 3.06. The van der Waals surface area contributed by atoms with Gasteiger partial charge in [0.1, 0.15) is 0 Å². The number of hydrogen-bond acceptors (Lipinski definition) is 4. The monoisotopic (exact) mass is 354 g/mol. The molecule has 2 N–H and O–H groups in total. The maximum Gasteiger partial charge on any atom is 0.234 e. The second-order valence-electron chi connectivity index (χ2n) is 4.99. The summed E-state index contributed by atoms with van der Waals surface area (Å²) in [5.74, 6) is 0.00503. The first-order valence-electron chi connectivity index (χ1n) is 7.36. The summed E-state index contributed by atoms with van der Waals surface area (Å²) in [5.41, 5.74) is 1.22. The van der Waals surface area contributed by atoms with Crippen molar-refractivity contribution in [3.8, 4) is 0 Å². The third kappa shape index (κ3) is 7.14. The number of rotatable bonds is 9. The van der Waals surface area contributed by atoms with Crippen molar-refractivity contribution in [2.24, 2.45) is 0 Å². The maximum absolute atomic E-state index is 12.1. The van der Waals surface area contributed by atoms with Crippen molar-refractivity contribution in [1.29, 1.82) is 0 Å². The molecule has 0 bridgehead atoms. The predicted molar refractivity (Wildman–Crippen MR) is 97.3 cm³/mol. The van der Waals surface area contributed by atoms with Gasteiger partial charge >= 0.3 is 0 Å². The molecule has 1 amide bonds. The van der Waals surface area contributed by atoms with Crippen LogP contribution in [-0.2, 0) is 16.0 Å². The van der Waals surface area contributed by atoms with E-state index in [2.05, 4.69) is 28.8 Å². The third-order valence-corrected chi connectivity index (χ3v) is 4.26. The molecule has 1 atom stereocenters. The van der Waals surface area contributed by atoms with Crippen LogP contribution in [0, 0.1) is 0 Å². The topological polar surface area (TPSA) is 50.4 Å². The predicted octanol–water partition coefficient (Wildman–Crippen LogP) is 2.81. The maximum atomic E-state index is 12.1. The lowest BCUT2D eigenvalue weighted by Crippen LogP contribution is -2.37. The normalized spacial score (nSPS) is 11.5. The van der Waals surface area contributed by atoms with E-state index in [1.54, 1.807) is 18.4 Å². The summed E-state index contributed by atoms with van der Waals surface area (Å²) in [6, 6.07) is 14.3. The largest absolute Gasteiger partial charge is 0.383 e. The lowest BCUT2D eigenvalue weighted by molar-refractivity contribution is -0.121. The molecule has 1 aromatic heterocycles. The van der Waals surface area contributed by atoms with E-state index in [9.17, 15) is 4.79 Å². The number of thiophene rings is 1. The van der Waals surface area contributed by atoms with Crippen molar-refractivity contribution in [2.75, 3.05) is 26.8 Å². The molecular formula is C17H23ClN2O2S. The number of amides is 1. The lowest BCUT2D eigenvalue weighted by Gasteiger charge is -2.18. The van der Waals surface area contributed by atoms with Gasteiger partial charge in [0.2, 0.25) is 5.91 Å². The van der Waals surface area contributed by atoms with Crippen LogP contribution in [0.3, 0.4) is 0 Å². The van der Waals surface area contributed by atoms with Gasteiger partial charge in [-0.25, -0.2) is 0 Å². The Morgan fingerprint density at radius 1 is 1.22 bits per heavy atom. The third-order valence-electron chi connectivity index (χ3n) is 3.27. The van der Waals surface area contributed by atoms with Crippen molar-refractivity contribution in [2.45, 2.75) is 12.5 Å². The van der Waals surface area contributed by atoms with Gasteiger partial charge in [-0.15, -0.1) is 23.7 Å². The van der Waals surface area contributed by atoms with Gasteiger partial charge < -0.3 is 15.4 Å². The summed E-state index contributed by atoms with van der Waals surface area (Å²) in [6.45, 7) is 1.58. The molecule has 0 aliphatic rings. The minimum Gasteiger partial charge on any atom is -0.383 e. The van der Waals surface area contributed by atoms with Crippen LogP contribution in [0.4, 0.5) is 0 Å². The summed E-state index contributed by atoms with van der Waals surface area (Å²) in [6.07, 6.45) is 0.797. The smallest absolute Gasteiger partial charge is 0.234 e. The Hall–Kier alpha value is -1.40. The van der Waals surface area contributed by atoms with Gasteiger partial charge in [-0.2, -0.15) is 0 Å². The van der Waals surface area contributed by atoms with E-state index in [-0.39, 0.29) is 24.4 Å². The van der Waals surface area contributed by atoms with Gasteiger partial charge in [-0.3, -0.25) is 4.79 Å². The summed E-state index contributed by atoms with van der Waals surface area (Å²) >= 11 is 1.67. The highest BCUT2D eigenvalue weighted by Gasteiger charge is 2.16. The molecule has 0 aliphatic heterocycles. The van der Waals surface area contributed by atoms with Crippen molar-refractivity contribution in [1.82, 2.24) is 10.6 Å². The molecule has 0 fully saturated rings. The molecule has 6 heteroatoms. The summed E-state index contributed by atoms with van der Waals surface area (Å²) < 4.78 is 4.95. The molecule has 1 aromatic carbocycles. The van der Waals surface area contributed by atoms with E-state index in [0.717, 1.165) is 6.42 Å². The van der Waals surface area contributed by atoms with E-state index in [1.807, 2.05) is 29.6 Å². The van der Waals surface area contributed by atoms with Crippen molar-refractivity contribution < 1.29 is 9.53 Å². The van der Waals surface area contributed by atoms with Gasteiger partial charge in [-0.05, 0) is 23.4 Å². The molecule has 4 nitrogen and oxygen atoms in total. The minimum atomic E-state index is 0. The quantitative estimate of drug-likeness (QED) is 0.681. The number of methoxy groups -OCH3 is 1. The number of halogens is 1. The average molecular weight is 355 g/mol. The first kappa shape index (κ1) is 19.6. The van der Waals surface area contributed by atoms with Crippen LogP contribution >= 0.6 is 23.7 Å². The van der Waals surface area contributed by atoms with Crippen molar-refractivity contribution in [3.05, 3.63) is 58.3 Å². The number of carbonyl (C=O) groups excluding carboxylic acids is 1. The molecule has 2 aromatic rings. The van der Waals surface area contributed by atoms with E-state index in [1.165, 1.54) is 10.4 Å². The van der Waals surface area contributed by atoms with Gasteiger partial charge in [-0.1, -0.05) is 36.4 Å². The van der Waals surface area contributed by atoms with Crippen molar-refractivity contribution >= 4 is 29.7 Å². The molecule has 1 unspecified atom stereocenters. The Kier molecular flexibility index (Phi) is 9.55. The fourth-order valence-electron chi connectivity index (χ4n) is 2.18. The molecular weight excluding hydrogens is 332 g/mol. The number of nitrogens with one attached hydrogen (secondary N) is 2. The molecule has 0 radical (unpaired) electrons. The summed E-state index contributed by atoms with van der Waals surface area (Å²) in [7, 11) is 1.65. The Morgan fingerprint density at radius 3 is 2.65 bits per heavy atom. The standard InChI is InChI=1S/C17H22N2O2S.ClH/c1-21-10-9-18-13-17(20)19-15(16-8-5-11-22-16)12-14-6-3-2-4-7-14;/h2-8,11,15,18H,9-10,12-13H2,1H3,(H,19,20);1H. The zero-order chi connectivity index (χ0) is 15.6. The molecule has 1 heterocycles. The second-order valence-corrected chi connectivity index (χ2v) is 5.97. The van der Waals surface area contributed by atoms with E-state index >= 15 is 0 Å².